The number of hydrogen-bond donors (Lipinski definition) is 1. The van der Waals surface area contributed by atoms with E-state index in [1.807, 2.05) is 25.1 Å². The van der Waals surface area contributed by atoms with Crippen molar-refractivity contribution in [3.63, 3.8) is 0 Å². The van der Waals surface area contributed by atoms with Crippen LogP contribution in [0.1, 0.15) is 42.4 Å². The zero-order valence-electron chi connectivity index (χ0n) is 19.9. The maximum atomic E-state index is 6.00. The van der Waals surface area contributed by atoms with E-state index in [2.05, 4.69) is 62.9 Å². The molecule has 34 heavy (non-hydrogen) atoms. The van der Waals surface area contributed by atoms with Crippen molar-refractivity contribution in [1.29, 1.82) is 0 Å². The maximum absolute atomic E-state index is 6.00. The number of tetrazole rings is 1. The highest BCUT2D eigenvalue weighted by Gasteiger charge is 2.16. The van der Waals surface area contributed by atoms with Crippen LogP contribution in [0.3, 0.4) is 0 Å². The fraction of sp³-hybridized carbons (Fsp3) is 0.346. The lowest BCUT2D eigenvalue weighted by Gasteiger charge is -2.15. The van der Waals surface area contributed by atoms with Gasteiger partial charge in [0.1, 0.15) is 12.4 Å². The van der Waals surface area contributed by atoms with Crippen molar-refractivity contribution in [2.75, 3.05) is 20.3 Å². The van der Waals surface area contributed by atoms with E-state index in [1.54, 1.807) is 7.11 Å². The molecular weight excluding hydrogens is 428 g/mol. The number of aromatic amines is 1. The van der Waals surface area contributed by atoms with E-state index < -0.39 is 0 Å². The van der Waals surface area contributed by atoms with Gasteiger partial charge in [-0.25, -0.2) is 10.1 Å². The van der Waals surface area contributed by atoms with Crippen molar-refractivity contribution in [3.8, 4) is 28.4 Å². The van der Waals surface area contributed by atoms with Crippen LogP contribution < -0.4 is 4.74 Å². The molecule has 1 N–H and O–H groups in total. The van der Waals surface area contributed by atoms with Gasteiger partial charge in [-0.2, -0.15) is 4.98 Å². The molecule has 8 heteroatoms. The van der Waals surface area contributed by atoms with Gasteiger partial charge in [0.2, 0.25) is 5.88 Å². The second kappa shape index (κ2) is 11.5. The summed E-state index contributed by atoms with van der Waals surface area (Å²) in [5, 5.41) is 14.4. The lowest BCUT2D eigenvalue weighted by atomic mass is 9.96. The first-order valence-corrected chi connectivity index (χ1v) is 11.6. The largest absolute Gasteiger partial charge is 0.475 e. The SMILES string of the molecule is CCCCc1nc(C)nc(OCCOC)c1Cc1ccc(-c2ccccc2-c2nnn[nH]2)cc1. The number of nitrogens with zero attached hydrogens (tertiary/aromatic N) is 5. The van der Waals surface area contributed by atoms with Crippen LogP contribution >= 0.6 is 0 Å². The lowest BCUT2D eigenvalue weighted by molar-refractivity contribution is 0.143. The number of aromatic nitrogens is 6. The number of H-pyrrole nitrogens is 1. The van der Waals surface area contributed by atoms with Gasteiger partial charge in [-0.15, -0.1) is 5.10 Å². The number of unbranched alkanes of at least 4 members (excludes halogenated alkanes) is 1. The van der Waals surface area contributed by atoms with Crippen molar-refractivity contribution in [2.24, 2.45) is 0 Å². The molecule has 176 valence electrons. The number of benzene rings is 2. The highest BCUT2D eigenvalue weighted by molar-refractivity contribution is 5.80. The second-order valence-corrected chi connectivity index (χ2v) is 8.12. The Bertz CT molecular complexity index is 1190. The Morgan fingerprint density at radius 2 is 1.74 bits per heavy atom. The van der Waals surface area contributed by atoms with Gasteiger partial charge in [-0.3, -0.25) is 0 Å². The smallest absolute Gasteiger partial charge is 0.220 e. The van der Waals surface area contributed by atoms with Crippen molar-refractivity contribution in [1.82, 2.24) is 30.6 Å². The molecule has 0 aliphatic carbocycles. The van der Waals surface area contributed by atoms with Gasteiger partial charge in [-0.05, 0) is 46.9 Å². The number of rotatable bonds is 11. The third-order valence-corrected chi connectivity index (χ3v) is 5.63. The normalized spacial score (nSPS) is 11.0. The molecule has 0 unspecified atom stereocenters. The van der Waals surface area contributed by atoms with E-state index >= 15 is 0 Å². The monoisotopic (exact) mass is 458 g/mol. The van der Waals surface area contributed by atoms with E-state index in [-0.39, 0.29) is 0 Å². The Labute approximate surface area is 199 Å². The minimum Gasteiger partial charge on any atom is -0.475 e. The lowest BCUT2D eigenvalue weighted by Crippen LogP contribution is -2.12. The van der Waals surface area contributed by atoms with Crippen LogP contribution in [0, 0.1) is 6.92 Å². The Balaban J connectivity index is 1.62. The molecule has 2 aromatic carbocycles. The van der Waals surface area contributed by atoms with E-state index in [1.165, 1.54) is 5.56 Å². The van der Waals surface area contributed by atoms with Crippen molar-refractivity contribution >= 4 is 0 Å². The molecule has 4 aromatic rings. The molecule has 0 saturated heterocycles. The molecule has 0 radical (unpaired) electrons. The predicted octanol–water partition coefficient (Wildman–Crippen LogP) is 4.59. The Morgan fingerprint density at radius 3 is 2.44 bits per heavy atom. The number of nitrogens with one attached hydrogen (secondary N) is 1. The minimum atomic E-state index is 0.458. The van der Waals surface area contributed by atoms with Crippen LogP contribution in [-0.4, -0.2) is 50.9 Å². The number of hydrogen-bond acceptors (Lipinski definition) is 7. The highest BCUT2D eigenvalue weighted by atomic mass is 16.5. The molecule has 0 saturated carbocycles. The fourth-order valence-electron chi connectivity index (χ4n) is 3.92. The molecule has 4 rings (SSSR count). The minimum absolute atomic E-state index is 0.458. The summed E-state index contributed by atoms with van der Waals surface area (Å²) in [4.78, 5) is 9.36. The molecule has 0 aliphatic rings. The van der Waals surface area contributed by atoms with E-state index in [4.69, 9.17) is 14.5 Å². The molecule has 0 amide bonds. The highest BCUT2D eigenvalue weighted by Crippen LogP contribution is 2.31. The van der Waals surface area contributed by atoms with Crippen molar-refractivity contribution < 1.29 is 9.47 Å². The first kappa shape index (κ1) is 23.5. The van der Waals surface area contributed by atoms with Crippen LogP contribution in [0.4, 0.5) is 0 Å². The van der Waals surface area contributed by atoms with Gasteiger partial charge >= 0.3 is 0 Å². The van der Waals surface area contributed by atoms with Crippen molar-refractivity contribution in [2.45, 2.75) is 39.5 Å². The quantitative estimate of drug-likeness (QED) is 0.328. The van der Waals surface area contributed by atoms with Gasteiger partial charge in [0.15, 0.2) is 5.82 Å². The van der Waals surface area contributed by atoms with Crippen molar-refractivity contribution in [3.05, 3.63) is 71.2 Å². The Kier molecular flexibility index (Phi) is 7.93. The topological polar surface area (TPSA) is 98.7 Å². The van der Waals surface area contributed by atoms with E-state index in [9.17, 15) is 0 Å². The average molecular weight is 459 g/mol. The van der Waals surface area contributed by atoms with Gasteiger partial charge in [0, 0.05) is 24.7 Å². The Morgan fingerprint density at radius 1 is 0.941 bits per heavy atom. The molecule has 0 aliphatic heterocycles. The summed E-state index contributed by atoms with van der Waals surface area (Å²) in [5.74, 6) is 2.04. The summed E-state index contributed by atoms with van der Waals surface area (Å²) in [6, 6.07) is 16.6. The van der Waals surface area contributed by atoms with Gasteiger partial charge in [-0.1, -0.05) is 61.9 Å². The van der Waals surface area contributed by atoms with Gasteiger partial charge in [0.05, 0.1) is 12.3 Å². The molecular formula is C26H30N6O2. The Hall–Kier alpha value is -3.65. The number of aryl methyl sites for hydroxylation is 2. The number of methoxy groups -OCH3 is 1. The molecule has 2 heterocycles. The third kappa shape index (κ3) is 5.63. The summed E-state index contributed by atoms with van der Waals surface area (Å²) in [7, 11) is 1.67. The zero-order chi connectivity index (χ0) is 23.8. The second-order valence-electron chi connectivity index (χ2n) is 8.12. The zero-order valence-corrected chi connectivity index (χ0v) is 19.9. The first-order chi connectivity index (χ1) is 16.7. The summed E-state index contributed by atoms with van der Waals surface area (Å²) < 4.78 is 11.2. The molecule has 0 spiro atoms. The average Bonchev–Trinajstić information content (AvgIpc) is 3.40. The summed E-state index contributed by atoms with van der Waals surface area (Å²) in [6.45, 7) is 5.08. The van der Waals surface area contributed by atoms with Crippen LogP contribution in [0.15, 0.2) is 48.5 Å². The van der Waals surface area contributed by atoms with Crippen LogP contribution in [-0.2, 0) is 17.6 Å². The van der Waals surface area contributed by atoms with Gasteiger partial charge < -0.3 is 9.47 Å². The predicted molar refractivity (Wildman–Crippen MR) is 131 cm³/mol. The maximum Gasteiger partial charge on any atom is 0.220 e. The molecule has 8 nitrogen and oxygen atoms in total. The van der Waals surface area contributed by atoms with Crippen LogP contribution in [0.25, 0.3) is 22.5 Å². The summed E-state index contributed by atoms with van der Waals surface area (Å²) in [5.41, 5.74) is 6.41. The van der Waals surface area contributed by atoms with E-state index in [0.717, 1.165) is 53.0 Å². The standard InChI is InChI=1S/C26H30N6O2/c1-4-5-10-24-23(26(28-18(2)27-24)34-16-15-33-3)17-19-11-13-20(14-12-19)21-8-6-7-9-22(21)25-29-31-32-30-25/h6-9,11-14H,4-5,10,15-17H2,1-3H3,(H,29,30,31,32). The third-order valence-electron chi connectivity index (χ3n) is 5.63. The molecule has 0 fully saturated rings. The molecule has 0 bridgehead atoms. The molecule has 0 atom stereocenters. The first-order valence-electron chi connectivity index (χ1n) is 11.6. The molecule has 2 aromatic heterocycles. The van der Waals surface area contributed by atoms with Crippen LogP contribution in [0.2, 0.25) is 0 Å². The number of ether oxygens (including phenoxy) is 2. The summed E-state index contributed by atoms with van der Waals surface area (Å²) >= 11 is 0. The van der Waals surface area contributed by atoms with Gasteiger partial charge in [0.25, 0.3) is 0 Å². The summed E-state index contributed by atoms with van der Waals surface area (Å²) in [6.07, 6.45) is 3.80. The fourth-order valence-corrected chi connectivity index (χ4v) is 3.92. The van der Waals surface area contributed by atoms with Crippen LogP contribution in [0.5, 0.6) is 5.88 Å². The van der Waals surface area contributed by atoms with E-state index in [0.29, 0.717) is 31.3 Å².